The maximum Gasteiger partial charge on any atom is 0.0977 e. The third-order valence-corrected chi connectivity index (χ3v) is 4.48. The van der Waals surface area contributed by atoms with E-state index in [9.17, 15) is 0 Å². The van der Waals surface area contributed by atoms with Gasteiger partial charge in [0.2, 0.25) is 0 Å². The van der Waals surface area contributed by atoms with Crippen LogP contribution >= 0.6 is 11.3 Å². The van der Waals surface area contributed by atoms with Gasteiger partial charge in [-0.15, -0.1) is 11.3 Å². The van der Waals surface area contributed by atoms with Crippen LogP contribution < -0.4 is 5.73 Å². The first kappa shape index (κ1) is 13.2. The Bertz CT molecular complexity index is 512. The van der Waals surface area contributed by atoms with Crippen LogP contribution in [-0.2, 0) is 6.42 Å². The molecule has 0 saturated carbocycles. The molecule has 0 spiro atoms. The molecule has 1 aromatic heterocycles. The normalized spacial score (nSPS) is 12.7. The minimum absolute atomic E-state index is 0.337. The van der Waals surface area contributed by atoms with E-state index in [0.717, 1.165) is 12.1 Å². The standard InChI is InChI=1S/C15H20N2S/c1-10-5-4-6-13(7-10)8-14(9-16)15-17-11(2)12(3)18-15/h4-7,14H,8-9,16H2,1-3H3. The molecule has 2 rings (SSSR count). The molecule has 0 bridgehead atoms. The van der Waals surface area contributed by atoms with Crippen molar-refractivity contribution < 1.29 is 0 Å². The van der Waals surface area contributed by atoms with Gasteiger partial charge in [0.15, 0.2) is 0 Å². The number of nitrogens with zero attached hydrogens (tertiary/aromatic N) is 1. The summed E-state index contributed by atoms with van der Waals surface area (Å²) in [5, 5.41) is 1.18. The maximum absolute atomic E-state index is 5.92. The molecule has 1 heterocycles. The van der Waals surface area contributed by atoms with Crippen molar-refractivity contribution in [1.82, 2.24) is 4.98 Å². The average Bonchev–Trinajstić information content (AvgIpc) is 2.66. The summed E-state index contributed by atoms with van der Waals surface area (Å²) in [6.45, 7) is 6.96. The highest BCUT2D eigenvalue weighted by Gasteiger charge is 2.15. The first-order chi connectivity index (χ1) is 8.60. The largest absolute Gasteiger partial charge is 0.330 e. The molecule has 2 aromatic rings. The molecule has 3 heteroatoms. The van der Waals surface area contributed by atoms with E-state index in [4.69, 9.17) is 5.73 Å². The molecule has 0 radical (unpaired) electrons. The Balaban J connectivity index is 2.19. The van der Waals surface area contributed by atoms with Gasteiger partial charge in [0.05, 0.1) is 10.7 Å². The Morgan fingerprint density at radius 2 is 2.06 bits per heavy atom. The second-order valence-electron chi connectivity index (χ2n) is 4.82. The highest BCUT2D eigenvalue weighted by molar-refractivity contribution is 7.11. The van der Waals surface area contributed by atoms with E-state index in [1.54, 1.807) is 11.3 Å². The van der Waals surface area contributed by atoms with Gasteiger partial charge in [-0.3, -0.25) is 0 Å². The molecule has 1 aromatic carbocycles. The van der Waals surface area contributed by atoms with Gasteiger partial charge in [0.25, 0.3) is 0 Å². The molecule has 2 nitrogen and oxygen atoms in total. The second kappa shape index (κ2) is 5.63. The summed E-state index contributed by atoms with van der Waals surface area (Å²) in [7, 11) is 0. The smallest absolute Gasteiger partial charge is 0.0977 e. The zero-order valence-electron chi connectivity index (χ0n) is 11.2. The molecule has 0 aliphatic rings. The summed E-state index contributed by atoms with van der Waals surface area (Å²) in [5.74, 6) is 0.337. The molecular formula is C15H20N2S. The van der Waals surface area contributed by atoms with Gasteiger partial charge < -0.3 is 5.73 Å². The summed E-state index contributed by atoms with van der Waals surface area (Å²) < 4.78 is 0. The van der Waals surface area contributed by atoms with Gasteiger partial charge in [0, 0.05) is 17.3 Å². The fourth-order valence-electron chi connectivity index (χ4n) is 2.07. The summed E-state index contributed by atoms with van der Waals surface area (Å²) in [5.41, 5.74) is 9.70. The van der Waals surface area contributed by atoms with Crippen molar-refractivity contribution >= 4 is 11.3 Å². The van der Waals surface area contributed by atoms with Crippen molar-refractivity contribution in [2.45, 2.75) is 33.1 Å². The number of benzene rings is 1. The third-order valence-electron chi connectivity index (χ3n) is 3.24. The SMILES string of the molecule is Cc1cccc(CC(CN)c2nc(C)c(C)s2)c1. The highest BCUT2D eigenvalue weighted by Crippen LogP contribution is 2.26. The Hall–Kier alpha value is -1.19. The molecular weight excluding hydrogens is 240 g/mol. The lowest BCUT2D eigenvalue weighted by Gasteiger charge is -2.12. The Morgan fingerprint density at radius 1 is 1.28 bits per heavy atom. The quantitative estimate of drug-likeness (QED) is 0.915. The van der Waals surface area contributed by atoms with Gasteiger partial charge in [-0.25, -0.2) is 4.98 Å². The summed E-state index contributed by atoms with van der Waals surface area (Å²) in [6, 6.07) is 8.63. The molecule has 0 fully saturated rings. The molecule has 2 N–H and O–H groups in total. The van der Waals surface area contributed by atoms with Crippen LogP contribution in [0.5, 0.6) is 0 Å². The van der Waals surface area contributed by atoms with Crippen LogP contribution in [0.25, 0.3) is 0 Å². The van der Waals surface area contributed by atoms with E-state index >= 15 is 0 Å². The number of nitrogens with two attached hydrogens (primary N) is 1. The predicted octanol–water partition coefficient (Wildman–Crippen LogP) is 3.35. The predicted molar refractivity (Wildman–Crippen MR) is 78.3 cm³/mol. The van der Waals surface area contributed by atoms with Gasteiger partial charge in [-0.2, -0.15) is 0 Å². The van der Waals surface area contributed by atoms with Crippen LogP contribution in [-0.4, -0.2) is 11.5 Å². The molecule has 1 unspecified atom stereocenters. The Labute approximate surface area is 113 Å². The maximum atomic E-state index is 5.92. The third kappa shape index (κ3) is 2.98. The van der Waals surface area contributed by atoms with Crippen molar-refractivity contribution in [1.29, 1.82) is 0 Å². The van der Waals surface area contributed by atoms with E-state index in [2.05, 4.69) is 50.0 Å². The average molecular weight is 260 g/mol. The molecule has 96 valence electrons. The van der Waals surface area contributed by atoms with Gasteiger partial charge >= 0.3 is 0 Å². The van der Waals surface area contributed by atoms with Crippen molar-refractivity contribution in [2.75, 3.05) is 6.54 Å². The van der Waals surface area contributed by atoms with Crippen LogP contribution in [0.15, 0.2) is 24.3 Å². The van der Waals surface area contributed by atoms with Crippen LogP contribution in [0.3, 0.4) is 0 Å². The zero-order valence-corrected chi connectivity index (χ0v) is 12.1. The number of hydrogen-bond acceptors (Lipinski definition) is 3. The van der Waals surface area contributed by atoms with Crippen LogP contribution in [0, 0.1) is 20.8 Å². The molecule has 0 saturated heterocycles. The van der Waals surface area contributed by atoms with E-state index in [1.807, 2.05) is 0 Å². The van der Waals surface area contributed by atoms with Crippen LogP contribution in [0.4, 0.5) is 0 Å². The summed E-state index contributed by atoms with van der Waals surface area (Å²) in [6.07, 6.45) is 0.977. The number of aryl methyl sites for hydroxylation is 3. The van der Waals surface area contributed by atoms with Crippen molar-refractivity contribution in [3.63, 3.8) is 0 Å². The number of rotatable bonds is 4. The molecule has 0 amide bonds. The van der Waals surface area contributed by atoms with E-state index < -0.39 is 0 Å². The minimum atomic E-state index is 0.337. The topological polar surface area (TPSA) is 38.9 Å². The van der Waals surface area contributed by atoms with Gasteiger partial charge in [0.1, 0.15) is 0 Å². The van der Waals surface area contributed by atoms with Crippen molar-refractivity contribution in [3.8, 4) is 0 Å². The van der Waals surface area contributed by atoms with Crippen molar-refractivity contribution in [2.24, 2.45) is 5.73 Å². The molecule has 0 aliphatic carbocycles. The van der Waals surface area contributed by atoms with Gasteiger partial charge in [-0.1, -0.05) is 29.8 Å². The summed E-state index contributed by atoms with van der Waals surface area (Å²) >= 11 is 1.78. The van der Waals surface area contributed by atoms with E-state index in [1.165, 1.54) is 21.0 Å². The number of hydrogen-bond donors (Lipinski definition) is 1. The second-order valence-corrected chi connectivity index (χ2v) is 6.05. The van der Waals surface area contributed by atoms with Crippen LogP contribution in [0.2, 0.25) is 0 Å². The number of aromatic nitrogens is 1. The number of thiazole rings is 1. The monoisotopic (exact) mass is 260 g/mol. The lowest BCUT2D eigenvalue weighted by atomic mass is 9.99. The highest BCUT2D eigenvalue weighted by atomic mass is 32.1. The molecule has 0 aliphatic heterocycles. The van der Waals surface area contributed by atoms with Crippen LogP contribution in [0.1, 0.15) is 32.6 Å². The first-order valence-electron chi connectivity index (χ1n) is 6.29. The summed E-state index contributed by atoms with van der Waals surface area (Å²) in [4.78, 5) is 5.94. The minimum Gasteiger partial charge on any atom is -0.330 e. The molecule has 18 heavy (non-hydrogen) atoms. The lowest BCUT2D eigenvalue weighted by molar-refractivity contribution is 0.687. The molecule has 1 atom stereocenters. The van der Waals surface area contributed by atoms with E-state index in [0.29, 0.717) is 12.5 Å². The fraction of sp³-hybridized carbons (Fsp3) is 0.400. The lowest BCUT2D eigenvalue weighted by Crippen LogP contribution is -2.15. The van der Waals surface area contributed by atoms with E-state index in [-0.39, 0.29) is 0 Å². The van der Waals surface area contributed by atoms with Crippen molar-refractivity contribution in [3.05, 3.63) is 51.0 Å². The Kier molecular flexibility index (Phi) is 4.15. The zero-order chi connectivity index (χ0) is 13.1. The Morgan fingerprint density at radius 3 is 2.61 bits per heavy atom. The first-order valence-corrected chi connectivity index (χ1v) is 7.11. The van der Waals surface area contributed by atoms with Gasteiger partial charge in [-0.05, 0) is 32.8 Å². The fourth-order valence-corrected chi connectivity index (χ4v) is 3.10.